The van der Waals surface area contributed by atoms with Crippen molar-refractivity contribution in [3.05, 3.63) is 34.5 Å². The Hall–Kier alpha value is -2.01. The third-order valence-electron chi connectivity index (χ3n) is 4.64. The molecule has 6 heteroatoms. The molecular formula is C17H19ClN2O3. The van der Waals surface area contributed by atoms with Gasteiger partial charge in [-0.3, -0.25) is 9.59 Å². The average molecular weight is 335 g/mol. The Morgan fingerprint density at radius 2 is 2.09 bits per heavy atom. The molecule has 1 aromatic heterocycles. The van der Waals surface area contributed by atoms with Crippen LogP contribution in [0.1, 0.15) is 35.9 Å². The van der Waals surface area contributed by atoms with Crippen LogP contribution in [0, 0.1) is 12.8 Å². The molecule has 1 fully saturated rings. The van der Waals surface area contributed by atoms with Crippen molar-refractivity contribution in [2.75, 3.05) is 6.54 Å². The topological polar surface area (TPSA) is 76.5 Å². The molecule has 0 bridgehead atoms. The molecule has 0 radical (unpaired) electrons. The monoisotopic (exact) mass is 334 g/mol. The van der Waals surface area contributed by atoms with Gasteiger partial charge in [-0.25, -0.2) is 0 Å². The van der Waals surface area contributed by atoms with Gasteiger partial charge in [0.1, 0.15) is 5.58 Å². The van der Waals surface area contributed by atoms with E-state index in [0.29, 0.717) is 22.9 Å². The molecule has 2 heterocycles. The highest BCUT2D eigenvalue weighted by molar-refractivity contribution is 6.31. The summed E-state index contributed by atoms with van der Waals surface area (Å²) in [6.45, 7) is 4.16. The van der Waals surface area contributed by atoms with Gasteiger partial charge in [0.2, 0.25) is 5.91 Å². The van der Waals surface area contributed by atoms with Gasteiger partial charge in [-0.15, -0.1) is 0 Å². The lowest BCUT2D eigenvalue weighted by Gasteiger charge is -2.36. The number of halogens is 1. The van der Waals surface area contributed by atoms with E-state index in [9.17, 15) is 9.59 Å². The number of hydrogen-bond donors (Lipinski definition) is 1. The zero-order chi connectivity index (χ0) is 16.7. The number of carbonyl (C=O) groups excluding carboxylic acids is 2. The normalized spacial score (nSPS) is 21.6. The van der Waals surface area contributed by atoms with Crippen molar-refractivity contribution < 1.29 is 14.0 Å². The van der Waals surface area contributed by atoms with Crippen LogP contribution in [-0.4, -0.2) is 29.3 Å². The van der Waals surface area contributed by atoms with Gasteiger partial charge in [-0.05, 0) is 44.9 Å². The van der Waals surface area contributed by atoms with Crippen LogP contribution in [0.5, 0.6) is 0 Å². The predicted octanol–water partition coefficient (Wildman–Crippen LogP) is 3.12. The number of rotatable bonds is 2. The van der Waals surface area contributed by atoms with Gasteiger partial charge in [0.05, 0.1) is 5.92 Å². The number of carbonyl (C=O) groups is 2. The Kier molecular flexibility index (Phi) is 4.06. The second-order valence-electron chi connectivity index (χ2n) is 6.18. The minimum Gasteiger partial charge on any atom is -0.451 e. The van der Waals surface area contributed by atoms with Crippen molar-refractivity contribution in [3.63, 3.8) is 0 Å². The van der Waals surface area contributed by atoms with E-state index in [1.165, 1.54) is 0 Å². The highest BCUT2D eigenvalue weighted by Gasteiger charge is 2.34. The van der Waals surface area contributed by atoms with Gasteiger partial charge >= 0.3 is 0 Å². The Labute approximate surface area is 139 Å². The molecule has 2 amide bonds. The maximum absolute atomic E-state index is 12.9. The molecule has 3 rings (SSSR count). The lowest BCUT2D eigenvalue weighted by Crippen LogP contribution is -2.48. The predicted molar refractivity (Wildman–Crippen MR) is 88.4 cm³/mol. The molecule has 2 aromatic rings. The van der Waals surface area contributed by atoms with Crippen LogP contribution in [-0.2, 0) is 4.79 Å². The highest BCUT2D eigenvalue weighted by atomic mass is 35.5. The summed E-state index contributed by atoms with van der Waals surface area (Å²) >= 11 is 6.02. The van der Waals surface area contributed by atoms with Gasteiger partial charge in [0.25, 0.3) is 5.91 Å². The van der Waals surface area contributed by atoms with Gasteiger partial charge in [0, 0.05) is 28.6 Å². The molecule has 5 nitrogen and oxygen atoms in total. The third-order valence-corrected chi connectivity index (χ3v) is 4.87. The Bertz CT molecular complexity index is 783. The summed E-state index contributed by atoms with van der Waals surface area (Å²) in [6.07, 6.45) is 1.47. The number of piperidine rings is 1. The average Bonchev–Trinajstić information content (AvgIpc) is 2.83. The first-order valence-corrected chi connectivity index (χ1v) is 8.05. The summed E-state index contributed by atoms with van der Waals surface area (Å²) in [5.74, 6) is -0.551. The molecule has 0 saturated carbocycles. The lowest BCUT2D eigenvalue weighted by atomic mass is 9.92. The maximum Gasteiger partial charge on any atom is 0.290 e. The molecule has 0 spiro atoms. The number of primary amides is 1. The van der Waals surface area contributed by atoms with Crippen molar-refractivity contribution in [1.82, 2.24) is 4.90 Å². The Morgan fingerprint density at radius 1 is 1.35 bits per heavy atom. The van der Waals surface area contributed by atoms with E-state index in [1.807, 2.05) is 13.8 Å². The number of aryl methyl sites for hydroxylation is 1. The number of furan rings is 1. The van der Waals surface area contributed by atoms with Crippen molar-refractivity contribution in [2.24, 2.45) is 11.7 Å². The van der Waals surface area contributed by atoms with Crippen LogP contribution in [0.4, 0.5) is 0 Å². The molecule has 1 aliphatic rings. The van der Waals surface area contributed by atoms with Crippen LogP contribution in [0.15, 0.2) is 22.6 Å². The van der Waals surface area contributed by atoms with E-state index >= 15 is 0 Å². The standard InChI is InChI=1S/C17H19ClN2O3/c1-9-3-4-11(16(19)21)8-20(9)17(22)15-10(2)13-7-12(18)5-6-14(13)23-15/h5-7,9,11H,3-4,8H2,1-2H3,(H2,19,21)/t9-,11-/m0/s1. The van der Waals surface area contributed by atoms with Crippen molar-refractivity contribution in [2.45, 2.75) is 32.7 Å². The van der Waals surface area contributed by atoms with E-state index in [0.717, 1.165) is 23.8 Å². The fraction of sp³-hybridized carbons (Fsp3) is 0.412. The van der Waals surface area contributed by atoms with Crippen LogP contribution >= 0.6 is 11.6 Å². The Morgan fingerprint density at radius 3 is 2.78 bits per heavy atom. The number of fused-ring (bicyclic) bond motifs is 1. The number of benzene rings is 1. The lowest BCUT2D eigenvalue weighted by molar-refractivity contribution is -0.123. The summed E-state index contributed by atoms with van der Waals surface area (Å²) in [4.78, 5) is 26.0. The Balaban J connectivity index is 1.96. The molecule has 122 valence electrons. The van der Waals surface area contributed by atoms with Crippen LogP contribution in [0.25, 0.3) is 11.0 Å². The van der Waals surface area contributed by atoms with Gasteiger partial charge < -0.3 is 15.1 Å². The molecule has 23 heavy (non-hydrogen) atoms. The summed E-state index contributed by atoms with van der Waals surface area (Å²) in [7, 11) is 0. The molecular weight excluding hydrogens is 316 g/mol. The van der Waals surface area contributed by atoms with Gasteiger partial charge in [-0.1, -0.05) is 11.6 Å². The first-order chi connectivity index (χ1) is 10.9. The molecule has 0 unspecified atom stereocenters. The smallest absolute Gasteiger partial charge is 0.290 e. The largest absolute Gasteiger partial charge is 0.451 e. The van der Waals surface area contributed by atoms with E-state index in [4.69, 9.17) is 21.8 Å². The minimum absolute atomic E-state index is 0.0503. The van der Waals surface area contributed by atoms with E-state index in [-0.39, 0.29) is 23.8 Å². The first-order valence-electron chi connectivity index (χ1n) is 7.67. The second kappa shape index (κ2) is 5.89. The quantitative estimate of drug-likeness (QED) is 0.916. The van der Waals surface area contributed by atoms with E-state index in [1.54, 1.807) is 23.1 Å². The van der Waals surface area contributed by atoms with E-state index < -0.39 is 0 Å². The van der Waals surface area contributed by atoms with Gasteiger partial charge in [-0.2, -0.15) is 0 Å². The van der Waals surface area contributed by atoms with Gasteiger partial charge in [0.15, 0.2) is 5.76 Å². The number of hydrogen-bond acceptors (Lipinski definition) is 3. The summed E-state index contributed by atoms with van der Waals surface area (Å²) < 4.78 is 5.75. The minimum atomic E-state index is -0.359. The maximum atomic E-state index is 12.9. The SMILES string of the molecule is Cc1c(C(=O)N2C[C@@H](C(N)=O)CC[C@@H]2C)oc2ccc(Cl)cc12. The first kappa shape index (κ1) is 15.9. The molecule has 1 aromatic carbocycles. The molecule has 1 saturated heterocycles. The zero-order valence-corrected chi connectivity index (χ0v) is 13.9. The molecule has 1 aliphatic heterocycles. The summed E-state index contributed by atoms with van der Waals surface area (Å²) in [5.41, 5.74) is 6.80. The molecule has 0 aliphatic carbocycles. The van der Waals surface area contributed by atoms with E-state index in [2.05, 4.69) is 0 Å². The third kappa shape index (κ3) is 2.81. The van der Waals surface area contributed by atoms with Crippen molar-refractivity contribution in [3.8, 4) is 0 Å². The molecule has 2 atom stereocenters. The zero-order valence-electron chi connectivity index (χ0n) is 13.1. The highest BCUT2D eigenvalue weighted by Crippen LogP contribution is 2.31. The van der Waals surface area contributed by atoms with Crippen LogP contribution in [0.3, 0.4) is 0 Å². The second-order valence-corrected chi connectivity index (χ2v) is 6.62. The number of likely N-dealkylation sites (tertiary alicyclic amines) is 1. The summed E-state index contributed by atoms with van der Waals surface area (Å²) in [6, 6.07) is 5.33. The summed E-state index contributed by atoms with van der Waals surface area (Å²) in [5, 5.41) is 1.43. The number of nitrogens with two attached hydrogens (primary N) is 1. The fourth-order valence-corrected chi connectivity index (χ4v) is 3.32. The fourth-order valence-electron chi connectivity index (χ4n) is 3.15. The molecule has 2 N–H and O–H groups in total. The number of nitrogens with zero attached hydrogens (tertiary/aromatic N) is 1. The van der Waals surface area contributed by atoms with Crippen LogP contribution < -0.4 is 5.73 Å². The number of amides is 2. The van der Waals surface area contributed by atoms with Crippen LogP contribution in [0.2, 0.25) is 5.02 Å². The van der Waals surface area contributed by atoms with Crippen molar-refractivity contribution >= 4 is 34.4 Å². The van der Waals surface area contributed by atoms with Crippen molar-refractivity contribution in [1.29, 1.82) is 0 Å².